The summed E-state index contributed by atoms with van der Waals surface area (Å²) in [5.41, 5.74) is -0.520. The summed E-state index contributed by atoms with van der Waals surface area (Å²) in [6, 6.07) is 0.887. The third-order valence-electron chi connectivity index (χ3n) is 3.57. The molecule has 9 heteroatoms. The van der Waals surface area contributed by atoms with Crippen LogP contribution in [0.2, 0.25) is 0 Å². The van der Waals surface area contributed by atoms with Crippen molar-refractivity contribution >= 4 is 19.0 Å². The zero-order valence-electron chi connectivity index (χ0n) is 13.4. The second kappa shape index (κ2) is 7.61. The van der Waals surface area contributed by atoms with E-state index in [1.807, 2.05) is 6.92 Å². The molecule has 2 N–H and O–H groups in total. The number of ether oxygens (including phenoxy) is 1. The summed E-state index contributed by atoms with van der Waals surface area (Å²) in [6.45, 7) is 3.32. The maximum Gasteiger partial charge on any atom is 0.547 e. The smallest absolute Gasteiger partial charge is 0.534 e. The molecule has 24 heavy (non-hydrogen) atoms. The van der Waals surface area contributed by atoms with Crippen molar-refractivity contribution in [2.24, 2.45) is 0 Å². The van der Waals surface area contributed by atoms with E-state index in [4.69, 9.17) is 9.39 Å². The molecule has 0 saturated carbocycles. The van der Waals surface area contributed by atoms with Gasteiger partial charge in [0.2, 0.25) is 5.91 Å². The Balaban J connectivity index is 2.35. The second-order valence-electron chi connectivity index (χ2n) is 5.39. The zero-order chi connectivity index (χ0) is 17.9. The van der Waals surface area contributed by atoms with Gasteiger partial charge in [0.15, 0.2) is 11.6 Å². The number of benzene rings is 1. The van der Waals surface area contributed by atoms with Crippen molar-refractivity contribution in [3.05, 3.63) is 28.8 Å². The first-order valence-corrected chi connectivity index (χ1v) is 7.71. The van der Waals surface area contributed by atoms with Crippen molar-refractivity contribution < 1.29 is 32.8 Å². The number of fused-ring (bicyclic) bond motifs is 1. The van der Waals surface area contributed by atoms with Crippen molar-refractivity contribution in [3.8, 4) is 5.75 Å². The van der Waals surface area contributed by atoms with Gasteiger partial charge in [-0.15, -0.1) is 0 Å². The minimum atomic E-state index is -1.49. The number of carbonyl (C=O) groups is 2. The quantitative estimate of drug-likeness (QED) is 0.624. The van der Waals surface area contributed by atoms with Gasteiger partial charge in [-0.05, 0) is 31.4 Å². The van der Waals surface area contributed by atoms with Crippen molar-refractivity contribution in [1.29, 1.82) is 0 Å². The van der Waals surface area contributed by atoms with Crippen LogP contribution in [0.3, 0.4) is 0 Å². The highest BCUT2D eigenvalue weighted by Crippen LogP contribution is 2.34. The molecule has 1 aromatic rings. The van der Waals surface area contributed by atoms with E-state index in [0.29, 0.717) is 6.42 Å². The highest BCUT2D eigenvalue weighted by Gasteiger charge is 2.39. The van der Waals surface area contributed by atoms with Gasteiger partial charge in [-0.25, -0.2) is 13.6 Å². The van der Waals surface area contributed by atoms with Crippen LogP contribution in [-0.4, -0.2) is 36.6 Å². The molecule has 2 rings (SSSR count). The van der Waals surface area contributed by atoms with Crippen LogP contribution in [-0.2, 0) is 16.0 Å². The van der Waals surface area contributed by atoms with Gasteiger partial charge in [0.05, 0.1) is 12.5 Å². The summed E-state index contributed by atoms with van der Waals surface area (Å²) in [4.78, 5) is 23.5. The van der Waals surface area contributed by atoms with Crippen molar-refractivity contribution in [2.45, 2.75) is 39.1 Å². The molecule has 0 saturated heterocycles. The molecule has 0 aliphatic carbocycles. The largest absolute Gasteiger partial charge is 0.547 e. The third kappa shape index (κ3) is 3.67. The molecule has 1 aliphatic rings. The fourth-order valence-electron chi connectivity index (χ4n) is 2.50. The lowest BCUT2D eigenvalue weighted by atomic mass is 9.72. The molecule has 0 bridgehead atoms. The summed E-state index contributed by atoms with van der Waals surface area (Å²) in [7, 11) is -1.49. The number of halogens is 2. The molecule has 130 valence electrons. The number of amides is 1. The number of carbonyl (C=O) groups excluding carboxylic acids is 2. The number of esters is 1. The predicted molar refractivity (Wildman–Crippen MR) is 81.5 cm³/mol. The van der Waals surface area contributed by atoms with E-state index in [2.05, 4.69) is 5.32 Å². The Morgan fingerprint density at radius 3 is 2.79 bits per heavy atom. The van der Waals surface area contributed by atoms with Crippen LogP contribution < -0.4 is 9.97 Å². The van der Waals surface area contributed by atoms with Crippen LogP contribution in [0.4, 0.5) is 8.78 Å². The molecular weight excluding hydrogens is 323 g/mol. The van der Waals surface area contributed by atoms with Crippen molar-refractivity contribution in [2.75, 3.05) is 6.61 Å². The van der Waals surface area contributed by atoms with Gasteiger partial charge in [0, 0.05) is 6.42 Å². The van der Waals surface area contributed by atoms with Crippen LogP contribution in [0.5, 0.6) is 5.75 Å². The zero-order valence-corrected chi connectivity index (χ0v) is 13.4. The average Bonchev–Trinajstić information content (AvgIpc) is 2.51. The molecule has 1 unspecified atom stereocenters. The van der Waals surface area contributed by atoms with E-state index in [9.17, 15) is 23.4 Å². The van der Waals surface area contributed by atoms with Crippen LogP contribution in [0, 0.1) is 11.6 Å². The summed E-state index contributed by atoms with van der Waals surface area (Å²) >= 11 is 0. The molecule has 0 radical (unpaired) electrons. The Morgan fingerprint density at radius 2 is 2.17 bits per heavy atom. The maximum absolute atomic E-state index is 14.0. The van der Waals surface area contributed by atoms with Crippen molar-refractivity contribution in [3.63, 3.8) is 0 Å². The van der Waals surface area contributed by atoms with E-state index >= 15 is 0 Å². The van der Waals surface area contributed by atoms with E-state index in [0.717, 1.165) is 6.07 Å². The highest BCUT2D eigenvalue weighted by atomic mass is 19.2. The molecule has 1 aliphatic heterocycles. The first kappa shape index (κ1) is 18.2. The van der Waals surface area contributed by atoms with Gasteiger partial charge in [0.25, 0.3) is 0 Å². The molecule has 1 aromatic carbocycles. The number of nitrogens with one attached hydrogen (secondary N) is 1. The molecule has 0 spiro atoms. The third-order valence-corrected chi connectivity index (χ3v) is 3.57. The Kier molecular flexibility index (Phi) is 5.77. The lowest BCUT2D eigenvalue weighted by molar-refractivity contribution is -0.121. The Bertz CT molecular complexity index is 655. The van der Waals surface area contributed by atoms with Crippen LogP contribution in [0.25, 0.3) is 0 Å². The first-order chi connectivity index (χ1) is 11.4. The standard InChI is InChI=1S/C15H18BF2NO5/c1-3-5-11(20)19-10-7-8-6-9(17)13(18)12(15(21)23-4-2)14(8)24-16(10)22/h6,10,22H,3-5,7H2,1-2H3,(H,19,20). The molecule has 1 heterocycles. The lowest BCUT2D eigenvalue weighted by Crippen LogP contribution is -2.53. The maximum atomic E-state index is 14.0. The fraction of sp³-hybridized carbons (Fsp3) is 0.467. The SMILES string of the molecule is CCCC(=O)NC1Cc2cc(F)c(F)c(C(=O)OCC)c2OB1O. The Hall–Kier alpha value is -2.16. The van der Waals surface area contributed by atoms with Gasteiger partial charge in [-0.1, -0.05) is 6.92 Å². The van der Waals surface area contributed by atoms with E-state index in [1.165, 1.54) is 6.92 Å². The van der Waals surface area contributed by atoms with Gasteiger partial charge in [-0.2, -0.15) is 0 Å². The van der Waals surface area contributed by atoms with E-state index in [-0.39, 0.29) is 36.7 Å². The van der Waals surface area contributed by atoms with Gasteiger partial charge >= 0.3 is 13.1 Å². The summed E-state index contributed by atoms with van der Waals surface area (Å²) in [6.07, 6.45) is 0.885. The molecule has 1 atom stereocenters. The topological polar surface area (TPSA) is 84.9 Å². The Morgan fingerprint density at radius 1 is 1.46 bits per heavy atom. The number of hydrogen-bond donors (Lipinski definition) is 2. The fourth-order valence-corrected chi connectivity index (χ4v) is 2.50. The Labute approximate surface area is 138 Å². The average molecular weight is 341 g/mol. The highest BCUT2D eigenvalue weighted by molar-refractivity contribution is 6.47. The lowest BCUT2D eigenvalue weighted by Gasteiger charge is -2.29. The molecule has 0 fully saturated rings. The summed E-state index contributed by atoms with van der Waals surface area (Å²) < 4.78 is 37.7. The monoisotopic (exact) mass is 341 g/mol. The minimum absolute atomic E-state index is 0.00441. The van der Waals surface area contributed by atoms with Crippen LogP contribution in [0.1, 0.15) is 42.6 Å². The normalized spacial score (nSPS) is 16.2. The molecular formula is C15H18BF2NO5. The van der Waals surface area contributed by atoms with Gasteiger partial charge in [0.1, 0.15) is 11.3 Å². The van der Waals surface area contributed by atoms with E-state index in [1.54, 1.807) is 0 Å². The first-order valence-electron chi connectivity index (χ1n) is 7.71. The molecule has 6 nitrogen and oxygen atoms in total. The van der Waals surface area contributed by atoms with E-state index < -0.39 is 36.2 Å². The van der Waals surface area contributed by atoms with Crippen LogP contribution in [0.15, 0.2) is 6.07 Å². The number of hydrogen-bond acceptors (Lipinski definition) is 5. The minimum Gasteiger partial charge on any atom is -0.534 e. The second-order valence-corrected chi connectivity index (χ2v) is 5.39. The van der Waals surface area contributed by atoms with Crippen LogP contribution >= 0.6 is 0 Å². The molecule has 1 amide bonds. The number of rotatable bonds is 5. The molecule has 0 aromatic heterocycles. The van der Waals surface area contributed by atoms with Crippen molar-refractivity contribution in [1.82, 2.24) is 5.32 Å². The summed E-state index contributed by atoms with van der Waals surface area (Å²) in [5.74, 6) is -5.08. The van der Waals surface area contributed by atoms with Gasteiger partial charge < -0.3 is 19.7 Å². The summed E-state index contributed by atoms with van der Waals surface area (Å²) in [5, 5.41) is 12.6. The van der Waals surface area contributed by atoms with Gasteiger partial charge in [-0.3, -0.25) is 4.79 Å². The predicted octanol–water partition coefficient (Wildman–Crippen LogP) is 1.38.